The highest BCUT2D eigenvalue weighted by atomic mass is 32.1. The molecule has 0 saturated carbocycles. The van der Waals surface area contributed by atoms with Crippen LogP contribution in [0.2, 0.25) is 0 Å². The highest BCUT2D eigenvalue weighted by molar-refractivity contribution is 7.15. The van der Waals surface area contributed by atoms with Crippen molar-refractivity contribution in [2.45, 2.75) is 33.2 Å². The Morgan fingerprint density at radius 3 is 2.90 bits per heavy atom. The molecule has 0 spiro atoms. The molecule has 1 aliphatic rings. The summed E-state index contributed by atoms with van der Waals surface area (Å²) in [5, 5.41) is 16.3. The van der Waals surface area contributed by atoms with Crippen LogP contribution >= 0.6 is 11.3 Å². The number of aromatic nitrogens is 6. The van der Waals surface area contributed by atoms with Gasteiger partial charge in [0, 0.05) is 34.7 Å². The van der Waals surface area contributed by atoms with E-state index in [2.05, 4.69) is 63.9 Å². The van der Waals surface area contributed by atoms with Crippen LogP contribution in [0.4, 0.5) is 0 Å². The molecule has 7 nitrogen and oxygen atoms in total. The Balaban J connectivity index is 1.58. The van der Waals surface area contributed by atoms with Gasteiger partial charge < -0.3 is 9.30 Å². The van der Waals surface area contributed by atoms with Gasteiger partial charge in [0.05, 0.1) is 18.5 Å². The lowest BCUT2D eigenvalue weighted by Crippen LogP contribution is -2.11. The predicted molar refractivity (Wildman–Crippen MR) is 113 cm³/mol. The molecular weight excluding hydrogens is 384 g/mol. The number of hydrogen-bond donors (Lipinski definition) is 1. The minimum Gasteiger partial charge on any atom is -0.492 e. The van der Waals surface area contributed by atoms with Crippen LogP contribution in [0.15, 0.2) is 36.9 Å². The molecule has 5 rings (SSSR count). The lowest BCUT2D eigenvalue weighted by molar-refractivity contribution is 0.327. The number of nitrogens with one attached hydrogen (secondary N) is 1. The summed E-state index contributed by atoms with van der Waals surface area (Å²) < 4.78 is 8.18. The van der Waals surface area contributed by atoms with E-state index < -0.39 is 0 Å². The van der Waals surface area contributed by atoms with Crippen molar-refractivity contribution in [2.24, 2.45) is 5.92 Å². The molecule has 4 aromatic rings. The number of rotatable bonds is 4. The van der Waals surface area contributed by atoms with Crippen molar-refractivity contribution in [3.8, 4) is 39.0 Å². The summed E-state index contributed by atoms with van der Waals surface area (Å²) in [7, 11) is 0. The van der Waals surface area contributed by atoms with Gasteiger partial charge in [0.25, 0.3) is 0 Å². The Labute approximate surface area is 172 Å². The highest BCUT2D eigenvalue weighted by Gasteiger charge is 2.24. The van der Waals surface area contributed by atoms with Crippen molar-refractivity contribution in [3.63, 3.8) is 0 Å². The monoisotopic (exact) mass is 406 g/mol. The van der Waals surface area contributed by atoms with Gasteiger partial charge in [-0.2, -0.15) is 5.10 Å². The van der Waals surface area contributed by atoms with Crippen LogP contribution < -0.4 is 4.74 Å². The molecule has 1 atom stereocenters. The summed E-state index contributed by atoms with van der Waals surface area (Å²) in [6, 6.07) is 6.55. The zero-order chi connectivity index (χ0) is 20.0. The second-order valence-electron chi connectivity index (χ2n) is 7.63. The van der Waals surface area contributed by atoms with Crippen molar-refractivity contribution < 1.29 is 4.74 Å². The van der Waals surface area contributed by atoms with Crippen LogP contribution in [0.25, 0.3) is 33.2 Å². The van der Waals surface area contributed by atoms with Crippen molar-refractivity contribution >= 4 is 11.3 Å². The molecule has 8 heteroatoms. The topological polar surface area (TPSA) is 81.5 Å². The first kappa shape index (κ1) is 18.1. The Kier molecular flexibility index (Phi) is 4.43. The van der Waals surface area contributed by atoms with Crippen molar-refractivity contribution in [1.29, 1.82) is 0 Å². The fourth-order valence-electron chi connectivity index (χ4n) is 3.52. The summed E-state index contributed by atoms with van der Waals surface area (Å²) in [5.41, 5.74) is 4.12. The number of aromatic amines is 1. The third kappa shape index (κ3) is 3.13. The summed E-state index contributed by atoms with van der Waals surface area (Å²) >= 11 is 1.69. The number of H-pyrrole nitrogens is 1. The molecule has 1 aromatic carbocycles. The fraction of sp³-hybridized carbons (Fsp3) is 0.333. The molecule has 0 amide bonds. The van der Waals surface area contributed by atoms with Gasteiger partial charge in [-0.15, -0.1) is 21.5 Å². The van der Waals surface area contributed by atoms with E-state index in [0.29, 0.717) is 18.6 Å². The van der Waals surface area contributed by atoms with Crippen LogP contribution in [0.3, 0.4) is 0 Å². The first-order valence-corrected chi connectivity index (χ1v) is 10.6. The average molecular weight is 407 g/mol. The van der Waals surface area contributed by atoms with E-state index in [1.54, 1.807) is 17.7 Å². The summed E-state index contributed by atoms with van der Waals surface area (Å²) in [5.74, 6) is 2.18. The van der Waals surface area contributed by atoms with Gasteiger partial charge >= 0.3 is 0 Å². The number of ether oxygens (including phenoxy) is 1. The maximum atomic E-state index is 6.05. The molecule has 1 aliphatic heterocycles. The maximum absolute atomic E-state index is 6.05. The Morgan fingerprint density at radius 2 is 2.10 bits per heavy atom. The largest absolute Gasteiger partial charge is 0.492 e. The van der Waals surface area contributed by atoms with Crippen molar-refractivity contribution in [1.82, 2.24) is 29.9 Å². The maximum Gasteiger partial charge on any atom is 0.193 e. The zero-order valence-electron chi connectivity index (χ0n) is 16.6. The SMILES string of the molecule is CC(C)[C@@H](C)n1cnnc1-c1nc2c(s1)CCOc1cc(-c3cn[nH]c3)ccc1-2. The van der Waals surface area contributed by atoms with Gasteiger partial charge in [0.1, 0.15) is 12.1 Å². The summed E-state index contributed by atoms with van der Waals surface area (Å²) in [4.78, 5) is 6.21. The number of nitrogens with zero attached hydrogens (tertiary/aromatic N) is 5. The standard InChI is InChI=1S/C21H22N6OS/c1-12(2)13(3)27-11-24-26-20(27)21-25-19-16-5-4-14(15-9-22-23-10-15)8-17(16)28-7-6-18(19)29-21/h4-5,8-13H,6-7H2,1-3H3,(H,22,23)/t13-/m1/s1. The van der Waals surface area contributed by atoms with E-state index in [1.807, 2.05) is 12.4 Å². The average Bonchev–Trinajstić information content (AvgIpc) is 3.46. The van der Waals surface area contributed by atoms with Crippen LogP contribution in [0, 0.1) is 5.92 Å². The Hall–Kier alpha value is -3.00. The molecule has 0 aliphatic carbocycles. The van der Waals surface area contributed by atoms with E-state index in [4.69, 9.17) is 9.72 Å². The van der Waals surface area contributed by atoms with Crippen molar-refractivity contribution in [3.05, 3.63) is 41.8 Å². The fourth-order valence-corrected chi connectivity index (χ4v) is 4.57. The number of hydrogen-bond acceptors (Lipinski definition) is 6. The van der Waals surface area contributed by atoms with Crippen molar-refractivity contribution in [2.75, 3.05) is 6.61 Å². The third-order valence-electron chi connectivity index (χ3n) is 5.52. The molecule has 1 N–H and O–H groups in total. The second-order valence-corrected chi connectivity index (χ2v) is 8.72. The van der Waals surface area contributed by atoms with Gasteiger partial charge in [-0.3, -0.25) is 5.10 Å². The van der Waals surface area contributed by atoms with Crippen LogP contribution in [-0.2, 0) is 6.42 Å². The number of thiazole rings is 1. The smallest absolute Gasteiger partial charge is 0.193 e. The lowest BCUT2D eigenvalue weighted by Gasteiger charge is -2.18. The molecule has 0 unspecified atom stereocenters. The van der Waals surface area contributed by atoms with E-state index >= 15 is 0 Å². The summed E-state index contributed by atoms with van der Waals surface area (Å²) in [6.07, 6.45) is 6.33. The van der Waals surface area contributed by atoms with E-state index in [0.717, 1.165) is 45.4 Å². The normalized spacial score (nSPS) is 14.2. The molecule has 148 valence electrons. The van der Waals surface area contributed by atoms with Crippen LogP contribution in [-0.4, -0.2) is 36.6 Å². The van der Waals surface area contributed by atoms with E-state index in [9.17, 15) is 0 Å². The molecule has 0 bridgehead atoms. The first-order chi connectivity index (χ1) is 14.1. The minimum atomic E-state index is 0.303. The first-order valence-electron chi connectivity index (χ1n) is 9.77. The molecular formula is C21H22N6OS. The summed E-state index contributed by atoms with van der Waals surface area (Å²) in [6.45, 7) is 7.23. The van der Waals surface area contributed by atoms with Gasteiger partial charge in [-0.05, 0) is 30.5 Å². The zero-order valence-corrected chi connectivity index (χ0v) is 17.4. The van der Waals surface area contributed by atoms with Gasteiger partial charge in [-0.1, -0.05) is 19.9 Å². The number of fused-ring (bicyclic) bond motifs is 3. The molecule has 29 heavy (non-hydrogen) atoms. The lowest BCUT2D eigenvalue weighted by atomic mass is 10.0. The minimum absolute atomic E-state index is 0.303. The van der Waals surface area contributed by atoms with Gasteiger partial charge in [-0.25, -0.2) is 4.98 Å². The number of benzene rings is 1. The van der Waals surface area contributed by atoms with Gasteiger partial charge in [0.2, 0.25) is 0 Å². The molecule has 0 radical (unpaired) electrons. The van der Waals surface area contributed by atoms with Crippen LogP contribution in [0.5, 0.6) is 5.75 Å². The molecule has 0 fully saturated rings. The highest BCUT2D eigenvalue weighted by Crippen LogP contribution is 2.41. The molecule has 3 aromatic heterocycles. The van der Waals surface area contributed by atoms with Gasteiger partial charge in [0.15, 0.2) is 10.8 Å². The molecule has 0 saturated heterocycles. The van der Waals surface area contributed by atoms with Crippen LogP contribution in [0.1, 0.15) is 31.7 Å². The second kappa shape index (κ2) is 7.11. The quantitative estimate of drug-likeness (QED) is 0.535. The predicted octanol–water partition coefficient (Wildman–Crippen LogP) is 4.61. The van der Waals surface area contributed by atoms with E-state index in [1.165, 1.54) is 4.88 Å². The Morgan fingerprint density at radius 1 is 1.21 bits per heavy atom. The van der Waals surface area contributed by atoms with E-state index in [-0.39, 0.29) is 0 Å². The Bertz CT molecular complexity index is 1140. The third-order valence-corrected chi connectivity index (χ3v) is 6.63. The molecule has 4 heterocycles.